The SMILES string of the molecule is CNCc1cncn1Cc1sccc1C. The lowest BCUT2D eigenvalue weighted by Crippen LogP contribution is -2.11. The highest BCUT2D eigenvalue weighted by molar-refractivity contribution is 7.10. The van der Waals surface area contributed by atoms with Gasteiger partial charge in [0.2, 0.25) is 0 Å². The van der Waals surface area contributed by atoms with Crippen molar-refractivity contribution >= 4 is 11.3 Å². The molecule has 0 aromatic carbocycles. The second kappa shape index (κ2) is 4.59. The van der Waals surface area contributed by atoms with Crippen LogP contribution in [0.15, 0.2) is 24.0 Å². The first-order valence-electron chi connectivity index (χ1n) is 4.98. The number of aromatic nitrogens is 2. The molecule has 2 aromatic rings. The van der Waals surface area contributed by atoms with Gasteiger partial charge < -0.3 is 9.88 Å². The molecule has 2 heterocycles. The van der Waals surface area contributed by atoms with Crippen molar-refractivity contribution in [3.05, 3.63) is 40.1 Å². The van der Waals surface area contributed by atoms with Crippen molar-refractivity contribution in [3.63, 3.8) is 0 Å². The third-order valence-corrected chi connectivity index (χ3v) is 3.45. The lowest BCUT2D eigenvalue weighted by molar-refractivity contribution is 0.696. The van der Waals surface area contributed by atoms with Crippen molar-refractivity contribution in [2.75, 3.05) is 7.05 Å². The summed E-state index contributed by atoms with van der Waals surface area (Å²) in [4.78, 5) is 5.59. The molecule has 0 spiro atoms. The van der Waals surface area contributed by atoms with E-state index < -0.39 is 0 Å². The monoisotopic (exact) mass is 221 g/mol. The van der Waals surface area contributed by atoms with Crippen LogP contribution in [0.25, 0.3) is 0 Å². The van der Waals surface area contributed by atoms with Crippen LogP contribution in [0.4, 0.5) is 0 Å². The molecule has 0 aliphatic rings. The van der Waals surface area contributed by atoms with Gasteiger partial charge in [-0.05, 0) is 31.0 Å². The standard InChI is InChI=1S/C11H15N3S/c1-9-3-4-15-11(9)7-14-8-13-6-10(14)5-12-2/h3-4,6,8,12H,5,7H2,1-2H3. The summed E-state index contributed by atoms with van der Waals surface area (Å²) in [6.45, 7) is 3.95. The van der Waals surface area contributed by atoms with E-state index in [0.29, 0.717) is 0 Å². The average Bonchev–Trinajstić information content (AvgIpc) is 2.80. The van der Waals surface area contributed by atoms with Crippen molar-refractivity contribution < 1.29 is 0 Å². The normalized spacial score (nSPS) is 10.8. The minimum absolute atomic E-state index is 0.865. The molecule has 0 bridgehead atoms. The van der Waals surface area contributed by atoms with Gasteiger partial charge in [-0.15, -0.1) is 11.3 Å². The Morgan fingerprint density at radius 3 is 3.07 bits per heavy atom. The summed E-state index contributed by atoms with van der Waals surface area (Å²) < 4.78 is 2.19. The second-order valence-electron chi connectivity index (χ2n) is 3.57. The minimum atomic E-state index is 0.865. The topological polar surface area (TPSA) is 29.9 Å². The Labute approximate surface area is 93.8 Å². The number of aryl methyl sites for hydroxylation is 1. The Bertz CT molecular complexity index is 430. The summed E-state index contributed by atoms with van der Waals surface area (Å²) in [5.41, 5.74) is 2.59. The second-order valence-corrected chi connectivity index (χ2v) is 4.57. The van der Waals surface area contributed by atoms with Gasteiger partial charge in [0.1, 0.15) is 0 Å². The van der Waals surface area contributed by atoms with Gasteiger partial charge in [-0.1, -0.05) is 0 Å². The Kier molecular flexibility index (Phi) is 3.18. The highest BCUT2D eigenvalue weighted by Gasteiger charge is 2.04. The van der Waals surface area contributed by atoms with Gasteiger partial charge in [0.15, 0.2) is 0 Å². The predicted octanol–water partition coefficient (Wildman–Crippen LogP) is 2.02. The number of rotatable bonds is 4. The van der Waals surface area contributed by atoms with Gasteiger partial charge in [-0.2, -0.15) is 0 Å². The lowest BCUT2D eigenvalue weighted by atomic mass is 10.3. The largest absolute Gasteiger partial charge is 0.328 e. The molecule has 0 amide bonds. The predicted molar refractivity (Wildman–Crippen MR) is 63.1 cm³/mol. The Balaban J connectivity index is 2.17. The number of hydrogen-bond acceptors (Lipinski definition) is 3. The highest BCUT2D eigenvalue weighted by Crippen LogP contribution is 2.17. The highest BCUT2D eigenvalue weighted by atomic mass is 32.1. The van der Waals surface area contributed by atoms with Crippen molar-refractivity contribution in [3.8, 4) is 0 Å². The smallest absolute Gasteiger partial charge is 0.0952 e. The van der Waals surface area contributed by atoms with Crippen molar-refractivity contribution in [1.29, 1.82) is 0 Å². The molecule has 0 aliphatic carbocycles. The molecule has 0 radical (unpaired) electrons. The summed E-state index contributed by atoms with van der Waals surface area (Å²) in [6, 6.07) is 2.16. The molecule has 0 saturated carbocycles. The van der Waals surface area contributed by atoms with E-state index in [9.17, 15) is 0 Å². The van der Waals surface area contributed by atoms with Crippen LogP contribution in [-0.4, -0.2) is 16.6 Å². The number of thiophene rings is 1. The molecule has 0 saturated heterocycles. The Hall–Kier alpha value is -1.13. The van der Waals surface area contributed by atoms with E-state index in [1.54, 1.807) is 11.3 Å². The van der Waals surface area contributed by atoms with Crippen LogP contribution in [0.2, 0.25) is 0 Å². The molecule has 2 aromatic heterocycles. The molecule has 0 fully saturated rings. The fourth-order valence-electron chi connectivity index (χ4n) is 1.54. The van der Waals surface area contributed by atoms with Crippen LogP contribution < -0.4 is 5.32 Å². The quantitative estimate of drug-likeness (QED) is 0.856. The summed E-state index contributed by atoms with van der Waals surface area (Å²) in [5, 5.41) is 5.29. The van der Waals surface area contributed by atoms with E-state index in [2.05, 4.69) is 33.2 Å². The lowest BCUT2D eigenvalue weighted by Gasteiger charge is -2.06. The van der Waals surface area contributed by atoms with Gasteiger partial charge in [-0.25, -0.2) is 4.98 Å². The molecule has 4 heteroatoms. The van der Waals surface area contributed by atoms with Gasteiger partial charge >= 0.3 is 0 Å². The Morgan fingerprint density at radius 1 is 1.53 bits per heavy atom. The summed E-state index contributed by atoms with van der Waals surface area (Å²) in [6.07, 6.45) is 3.81. The van der Waals surface area contributed by atoms with Crippen LogP contribution in [0.5, 0.6) is 0 Å². The van der Waals surface area contributed by atoms with Crippen molar-refractivity contribution in [2.45, 2.75) is 20.0 Å². The average molecular weight is 221 g/mol. The molecule has 3 nitrogen and oxygen atoms in total. The number of nitrogens with one attached hydrogen (secondary N) is 1. The molecule has 80 valence electrons. The molecule has 15 heavy (non-hydrogen) atoms. The molecular weight excluding hydrogens is 206 g/mol. The summed E-state index contributed by atoms with van der Waals surface area (Å²) >= 11 is 1.81. The third kappa shape index (κ3) is 2.27. The van der Waals surface area contributed by atoms with Gasteiger partial charge in [-0.3, -0.25) is 0 Å². The molecule has 2 rings (SSSR count). The van der Waals surface area contributed by atoms with Gasteiger partial charge in [0.05, 0.1) is 18.6 Å². The van der Waals surface area contributed by atoms with Crippen molar-refractivity contribution in [1.82, 2.24) is 14.9 Å². The van der Waals surface area contributed by atoms with Gasteiger partial charge in [0.25, 0.3) is 0 Å². The van der Waals surface area contributed by atoms with Gasteiger partial charge in [0, 0.05) is 17.6 Å². The van der Waals surface area contributed by atoms with Crippen LogP contribution in [0, 0.1) is 6.92 Å². The number of imidazole rings is 1. The zero-order valence-electron chi connectivity index (χ0n) is 9.03. The molecular formula is C11H15N3S. The van der Waals surface area contributed by atoms with E-state index in [4.69, 9.17) is 0 Å². The van der Waals surface area contributed by atoms with E-state index in [1.807, 2.05) is 19.6 Å². The zero-order chi connectivity index (χ0) is 10.7. The zero-order valence-corrected chi connectivity index (χ0v) is 9.84. The van der Waals surface area contributed by atoms with Crippen LogP contribution >= 0.6 is 11.3 Å². The van der Waals surface area contributed by atoms with Crippen LogP contribution in [-0.2, 0) is 13.1 Å². The fraction of sp³-hybridized carbons (Fsp3) is 0.364. The molecule has 0 unspecified atom stereocenters. The maximum atomic E-state index is 4.18. The third-order valence-electron chi connectivity index (χ3n) is 2.44. The van der Waals surface area contributed by atoms with Crippen molar-refractivity contribution in [2.24, 2.45) is 0 Å². The number of nitrogens with zero attached hydrogens (tertiary/aromatic N) is 2. The Morgan fingerprint density at radius 2 is 2.40 bits per heavy atom. The molecule has 0 aliphatic heterocycles. The van der Waals surface area contributed by atoms with Crippen LogP contribution in [0.3, 0.4) is 0 Å². The summed E-state index contributed by atoms with van der Waals surface area (Å²) in [5.74, 6) is 0. The fourth-order valence-corrected chi connectivity index (χ4v) is 2.44. The first kappa shape index (κ1) is 10.4. The number of hydrogen-bond donors (Lipinski definition) is 1. The maximum Gasteiger partial charge on any atom is 0.0952 e. The maximum absolute atomic E-state index is 4.18. The molecule has 0 atom stereocenters. The first-order valence-corrected chi connectivity index (χ1v) is 5.86. The first-order chi connectivity index (χ1) is 7.31. The van der Waals surface area contributed by atoms with E-state index in [1.165, 1.54) is 16.1 Å². The summed E-state index contributed by atoms with van der Waals surface area (Å²) in [7, 11) is 1.95. The van der Waals surface area contributed by atoms with Crippen LogP contribution in [0.1, 0.15) is 16.1 Å². The molecule has 1 N–H and O–H groups in total. The van der Waals surface area contributed by atoms with E-state index in [-0.39, 0.29) is 0 Å². The van der Waals surface area contributed by atoms with E-state index >= 15 is 0 Å². The minimum Gasteiger partial charge on any atom is -0.328 e. The van der Waals surface area contributed by atoms with E-state index in [0.717, 1.165) is 13.1 Å².